The first-order valence-electron chi connectivity index (χ1n) is 10.7. The van der Waals surface area contributed by atoms with Crippen molar-refractivity contribution in [1.29, 1.82) is 0 Å². The zero-order chi connectivity index (χ0) is 20.7. The maximum Gasteiger partial charge on any atom is 0.275 e. The van der Waals surface area contributed by atoms with Crippen LogP contribution in [0.4, 0.5) is 4.39 Å². The molecule has 156 valence electrons. The van der Waals surface area contributed by atoms with Crippen molar-refractivity contribution in [2.24, 2.45) is 5.41 Å². The molecule has 1 aromatic heterocycles. The highest BCUT2D eigenvalue weighted by atomic mass is 19.1. The Balaban J connectivity index is 1.31. The molecule has 0 radical (unpaired) electrons. The molecule has 3 heterocycles. The van der Waals surface area contributed by atoms with Gasteiger partial charge in [0.25, 0.3) is 5.91 Å². The average Bonchev–Trinajstić information content (AvgIpc) is 3.33. The average molecular weight is 407 g/mol. The monoisotopic (exact) mass is 406 g/mol. The molecule has 0 unspecified atom stereocenters. The molecular weight excluding hydrogens is 379 g/mol. The number of hydrogen-bond acceptors (Lipinski definition) is 3. The van der Waals surface area contributed by atoms with Crippen LogP contribution in [-0.4, -0.2) is 52.1 Å². The summed E-state index contributed by atoms with van der Waals surface area (Å²) in [6.45, 7) is 6.05. The van der Waals surface area contributed by atoms with Gasteiger partial charge in [-0.25, -0.2) is 4.39 Å². The van der Waals surface area contributed by atoms with E-state index >= 15 is 0 Å². The molecule has 1 spiro atoms. The number of carbonyl (C=O) groups is 1. The van der Waals surface area contributed by atoms with Gasteiger partial charge in [0, 0.05) is 42.5 Å². The minimum absolute atomic E-state index is 0.00922. The van der Waals surface area contributed by atoms with Crippen LogP contribution < -0.4 is 0 Å². The number of nitrogens with zero attached hydrogens (tertiary/aromatic N) is 3. The van der Waals surface area contributed by atoms with Crippen LogP contribution >= 0.6 is 0 Å². The third-order valence-corrected chi connectivity index (χ3v) is 6.74. The number of benzene rings is 2. The van der Waals surface area contributed by atoms with Crippen molar-refractivity contribution in [3.8, 4) is 0 Å². The molecule has 2 aromatic carbocycles. The number of carbonyl (C=O) groups excluding carboxylic acids is 1. The van der Waals surface area contributed by atoms with Gasteiger partial charge in [-0.3, -0.25) is 14.8 Å². The number of hydrogen-bond donors (Lipinski definition) is 1. The number of H-pyrrole nitrogens is 1. The molecule has 0 bridgehead atoms. The molecule has 2 fully saturated rings. The van der Waals surface area contributed by atoms with E-state index in [4.69, 9.17) is 0 Å². The van der Waals surface area contributed by atoms with E-state index in [2.05, 4.69) is 15.1 Å². The van der Waals surface area contributed by atoms with Crippen LogP contribution in [0.15, 0.2) is 42.5 Å². The Kier molecular flexibility index (Phi) is 4.82. The molecule has 0 aliphatic carbocycles. The summed E-state index contributed by atoms with van der Waals surface area (Å²) in [4.78, 5) is 17.6. The van der Waals surface area contributed by atoms with Gasteiger partial charge in [-0.2, -0.15) is 5.10 Å². The first-order chi connectivity index (χ1) is 14.5. The van der Waals surface area contributed by atoms with Crippen LogP contribution in [0.25, 0.3) is 10.9 Å². The SMILES string of the molecule is Cc1ccc2[nH]nc(C(=O)N3CC[C@@]4(CCCN(Cc5ccccc5F)C4)C3)c2c1. The largest absolute Gasteiger partial charge is 0.337 e. The topological polar surface area (TPSA) is 52.2 Å². The smallest absolute Gasteiger partial charge is 0.275 e. The fourth-order valence-electron chi connectivity index (χ4n) is 5.19. The highest BCUT2D eigenvalue weighted by Crippen LogP contribution is 2.40. The van der Waals surface area contributed by atoms with Gasteiger partial charge in [0.05, 0.1) is 5.52 Å². The molecule has 30 heavy (non-hydrogen) atoms. The minimum atomic E-state index is -0.138. The predicted molar refractivity (Wildman–Crippen MR) is 115 cm³/mol. The maximum absolute atomic E-state index is 14.1. The van der Waals surface area contributed by atoms with Gasteiger partial charge in [-0.15, -0.1) is 0 Å². The van der Waals surface area contributed by atoms with Crippen LogP contribution in [0.3, 0.4) is 0 Å². The Morgan fingerprint density at radius 3 is 2.90 bits per heavy atom. The Morgan fingerprint density at radius 1 is 1.17 bits per heavy atom. The lowest BCUT2D eigenvalue weighted by Crippen LogP contribution is -2.45. The number of aromatic amines is 1. The number of piperidine rings is 1. The van der Waals surface area contributed by atoms with Gasteiger partial charge in [-0.1, -0.05) is 29.8 Å². The number of aryl methyl sites for hydroxylation is 1. The van der Waals surface area contributed by atoms with Crippen molar-refractivity contribution in [1.82, 2.24) is 20.0 Å². The lowest BCUT2D eigenvalue weighted by atomic mass is 9.79. The molecule has 2 aliphatic heterocycles. The molecule has 2 aliphatic rings. The van der Waals surface area contributed by atoms with Crippen molar-refractivity contribution in [3.63, 3.8) is 0 Å². The van der Waals surface area contributed by atoms with Crippen LogP contribution in [0, 0.1) is 18.2 Å². The third kappa shape index (κ3) is 3.49. The Labute approximate surface area is 175 Å². The van der Waals surface area contributed by atoms with E-state index in [1.807, 2.05) is 42.2 Å². The van der Waals surface area contributed by atoms with E-state index in [0.717, 1.165) is 67.5 Å². The normalized spacial score (nSPS) is 22.3. The lowest BCUT2D eigenvalue weighted by molar-refractivity contribution is 0.0670. The molecule has 5 rings (SSSR count). The van der Waals surface area contributed by atoms with Gasteiger partial charge in [-0.05, 0) is 50.9 Å². The van der Waals surface area contributed by atoms with E-state index in [1.54, 1.807) is 6.07 Å². The molecule has 2 saturated heterocycles. The van der Waals surface area contributed by atoms with E-state index in [0.29, 0.717) is 12.2 Å². The summed E-state index contributed by atoms with van der Waals surface area (Å²) >= 11 is 0. The summed E-state index contributed by atoms with van der Waals surface area (Å²) < 4.78 is 14.1. The predicted octanol–water partition coefficient (Wildman–Crippen LogP) is 4.14. The van der Waals surface area contributed by atoms with Crippen LogP contribution in [0.2, 0.25) is 0 Å². The fraction of sp³-hybridized carbons (Fsp3) is 0.417. The zero-order valence-electron chi connectivity index (χ0n) is 17.3. The van der Waals surface area contributed by atoms with Crippen LogP contribution in [0.5, 0.6) is 0 Å². The lowest BCUT2D eigenvalue weighted by Gasteiger charge is -2.40. The van der Waals surface area contributed by atoms with Crippen molar-refractivity contribution in [3.05, 3.63) is 65.1 Å². The maximum atomic E-state index is 14.1. The summed E-state index contributed by atoms with van der Waals surface area (Å²) in [6, 6.07) is 13.0. The highest BCUT2D eigenvalue weighted by Gasteiger charge is 2.43. The van der Waals surface area contributed by atoms with Crippen LogP contribution in [-0.2, 0) is 6.54 Å². The minimum Gasteiger partial charge on any atom is -0.337 e. The Hall–Kier alpha value is -2.73. The Morgan fingerprint density at radius 2 is 2.03 bits per heavy atom. The van der Waals surface area contributed by atoms with E-state index in [1.165, 1.54) is 6.07 Å². The number of amides is 1. The van der Waals surface area contributed by atoms with Crippen molar-refractivity contribution in [2.75, 3.05) is 26.2 Å². The number of halogens is 1. The molecule has 1 amide bonds. The third-order valence-electron chi connectivity index (χ3n) is 6.74. The van der Waals surface area contributed by atoms with Gasteiger partial charge in [0.1, 0.15) is 5.82 Å². The molecule has 6 heteroatoms. The number of rotatable bonds is 3. The number of nitrogens with one attached hydrogen (secondary N) is 1. The highest BCUT2D eigenvalue weighted by molar-refractivity contribution is 6.04. The first-order valence-corrected chi connectivity index (χ1v) is 10.7. The van der Waals surface area contributed by atoms with Gasteiger partial charge < -0.3 is 4.90 Å². The second-order valence-corrected chi connectivity index (χ2v) is 9.00. The summed E-state index contributed by atoms with van der Waals surface area (Å²) in [5.74, 6) is -0.129. The standard InChI is InChI=1S/C24H27FN4O/c1-17-7-8-21-19(13-17)22(27-26-21)23(30)29-12-10-24(16-29)9-4-11-28(15-24)14-18-5-2-3-6-20(18)25/h2-3,5-8,13H,4,9-12,14-16H2,1H3,(H,26,27)/t24-/m1/s1. The number of likely N-dealkylation sites (tertiary alicyclic amines) is 2. The van der Waals surface area contributed by atoms with Gasteiger partial charge in [0.15, 0.2) is 5.69 Å². The van der Waals surface area contributed by atoms with Crippen molar-refractivity contribution < 1.29 is 9.18 Å². The van der Waals surface area contributed by atoms with Gasteiger partial charge in [0.2, 0.25) is 0 Å². The van der Waals surface area contributed by atoms with Crippen molar-refractivity contribution >= 4 is 16.8 Å². The van der Waals surface area contributed by atoms with Crippen molar-refractivity contribution in [2.45, 2.75) is 32.7 Å². The van der Waals surface area contributed by atoms with E-state index in [9.17, 15) is 9.18 Å². The van der Waals surface area contributed by atoms with Crippen LogP contribution in [0.1, 0.15) is 40.9 Å². The second-order valence-electron chi connectivity index (χ2n) is 9.00. The molecule has 5 nitrogen and oxygen atoms in total. The van der Waals surface area contributed by atoms with Gasteiger partial charge >= 0.3 is 0 Å². The van der Waals surface area contributed by atoms with E-state index < -0.39 is 0 Å². The summed E-state index contributed by atoms with van der Waals surface area (Å²) in [6.07, 6.45) is 3.19. The molecule has 1 atom stereocenters. The second kappa shape index (κ2) is 7.51. The molecule has 1 N–H and O–H groups in total. The fourth-order valence-corrected chi connectivity index (χ4v) is 5.19. The number of aromatic nitrogens is 2. The molecular formula is C24H27FN4O. The summed E-state index contributed by atoms with van der Waals surface area (Å²) in [5.41, 5.74) is 3.38. The summed E-state index contributed by atoms with van der Waals surface area (Å²) in [7, 11) is 0. The summed E-state index contributed by atoms with van der Waals surface area (Å²) in [5, 5.41) is 8.21. The number of fused-ring (bicyclic) bond motifs is 1. The van der Waals surface area contributed by atoms with E-state index in [-0.39, 0.29) is 17.1 Å². The quantitative estimate of drug-likeness (QED) is 0.711. The molecule has 0 saturated carbocycles. The first kappa shape index (κ1) is 19.2. The molecule has 3 aromatic rings. The zero-order valence-corrected chi connectivity index (χ0v) is 17.3. The Bertz CT molecular complexity index is 1090.